The van der Waals surface area contributed by atoms with Gasteiger partial charge in [0, 0.05) is 38.1 Å². The number of nitro groups is 1. The SMILES string of the molecule is CCOc1cccc(N2CCCN(Cc3cscn3)CC2)c1[N+](=O)[O-]. The van der Waals surface area contributed by atoms with Crippen LogP contribution in [0.1, 0.15) is 19.0 Å². The third-order valence-corrected chi connectivity index (χ3v) is 4.89. The van der Waals surface area contributed by atoms with Gasteiger partial charge in [-0.3, -0.25) is 15.0 Å². The van der Waals surface area contributed by atoms with Crippen molar-refractivity contribution in [1.82, 2.24) is 9.88 Å². The maximum absolute atomic E-state index is 11.6. The Morgan fingerprint density at radius 3 is 2.92 bits per heavy atom. The van der Waals surface area contributed by atoms with Crippen LogP contribution >= 0.6 is 11.3 Å². The van der Waals surface area contributed by atoms with Crippen molar-refractivity contribution < 1.29 is 9.66 Å². The highest BCUT2D eigenvalue weighted by Gasteiger charge is 2.26. The molecule has 2 aromatic rings. The zero-order chi connectivity index (χ0) is 17.6. The molecule has 1 aromatic heterocycles. The van der Waals surface area contributed by atoms with Crippen molar-refractivity contribution in [2.45, 2.75) is 19.9 Å². The molecular formula is C17H22N4O3S. The molecule has 1 fully saturated rings. The van der Waals surface area contributed by atoms with E-state index < -0.39 is 0 Å². The molecule has 3 rings (SSSR count). The van der Waals surface area contributed by atoms with Gasteiger partial charge in [0.2, 0.25) is 0 Å². The number of anilines is 1. The van der Waals surface area contributed by atoms with E-state index in [0.29, 0.717) is 18.0 Å². The number of thiazole rings is 1. The van der Waals surface area contributed by atoms with Gasteiger partial charge < -0.3 is 9.64 Å². The molecule has 0 spiro atoms. The van der Waals surface area contributed by atoms with Gasteiger partial charge in [0.25, 0.3) is 0 Å². The van der Waals surface area contributed by atoms with E-state index in [0.717, 1.165) is 44.8 Å². The first kappa shape index (κ1) is 17.6. The summed E-state index contributed by atoms with van der Waals surface area (Å²) in [6, 6.07) is 5.31. The Labute approximate surface area is 151 Å². The standard InChI is InChI=1S/C17H22N4O3S/c1-2-24-16-6-3-5-15(17(16)21(22)23)20-8-4-7-19(9-10-20)11-14-12-25-13-18-14/h3,5-6,12-13H,2,4,7-11H2,1H3. The molecule has 2 heterocycles. The fraction of sp³-hybridized carbons (Fsp3) is 0.471. The maximum atomic E-state index is 11.6. The highest BCUT2D eigenvalue weighted by Crippen LogP contribution is 2.37. The summed E-state index contributed by atoms with van der Waals surface area (Å²) < 4.78 is 5.47. The number of hydrogen-bond donors (Lipinski definition) is 0. The van der Waals surface area contributed by atoms with E-state index in [2.05, 4.69) is 20.2 Å². The number of ether oxygens (including phenoxy) is 1. The maximum Gasteiger partial charge on any atom is 0.333 e. The summed E-state index contributed by atoms with van der Waals surface area (Å²) in [4.78, 5) is 20.1. The van der Waals surface area contributed by atoms with Gasteiger partial charge >= 0.3 is 5.69 Å². The monoisotopic (exact) mass is 362 g/mol. The van der Waals surface area contributed by atoms with Gasteiger partial charge in [-0.1, -0.05) is 6.07 Å². The Morgan fingerprint density at radius 1 is 1.32 bits per heavy atom. The highest BCUT2D eigenvalue weighted by molar-refractivity contribution is 7.07. The summed E-state index contributed by atoms with van der Waals surface area (Å²) in [7, 11) is 0. The number of aromatic nitrogens is 1. The Balaban J connectivity index is 1.76. The summed E-state index contributed by atoms with van der Waals surface area (Å²) in [6.45, 7) is 6.44. The lowest BCUT2D eigenvalue weighted by molar-refractivity contribution is -0.385. The molecule has 8 heteroatoms. The summed E-state index contributed by atoms with van der Waals surface area (Å²) in [5, 5.41) is 13.7. The lowest BCUT2D eigenvalue weighted by Crippen LogP contribution is -2.31. The van der Waals surface area contributed by atoms with Crippen molar-refractivity contribution in [2.24, 2.45) is 0 Å². The first-order chi connectivity index (χ1) is 12.2. The minimum atomic E-state index is -0.335. The van der Waals surface area contributed by atoms with E-state index in [1.165, 1.54) is 0 Å². The smallest absolute Gasteiger partial charge is 0.333 e. The third kappa shape index (κ3) is 4.26. The van der Waals surface area contributed by atoms with Crippen LogP contribution in [0.5, 0.6) is 5.75 Å². The Morgan fingerprint density at radius 2 is 2.20 bits per heavy atom. The topological polar surface area (TPSA) is 71.7 Å². The normalized spacial score (nSPS) is 15.8. The van der Waals surface area contributed by atoms with Crippen molar-refractivity contribution in [2.75, 3.05) is 37.7 Å². The quantitative estimate of drug-likeness (QED) is 0.581. The van der Waals surface area contributed by atoms with Crippen LogP contribution in [0, 0.1) is 10.1 Å². The first-order valence-electron chi connectivity index (χ1n) is 8.43. The van der Waals surface area contributed by atoms with E-state index in [1.54, 1.807) is 17.4 Å². The molecule has 1 aromatic carbocycles. The van der Waals surface area contributed by atoms with E-state index in [4.69, 9.17) is 4.74 Å². The number of nitrogens with zero attached hydrogens (tertiary/aromatic N) is 4. The zero-order valence-electron chi connectivity index (χ0n) is 14.3. The van der Waals surface area contributed by atoms with E-state index >= 15 is 0 Å². The molecule has 134 valence electrons. The summed E-state index contributed by atoms with van der Waals surface area (Å²) in [5.74, 6) is 0.341. The van der Waals surface area contributed by atoms with Crippen molar-refractivity contribution >= 4 is 22.7 Å². The van der Waals surface area contributed by atoms with E-state index in [-0.39, 0.29) is 10.6 Å². The summed E-state index contributed by atoms with van der Waals surface area (Å²) >= 11 is 1.61. The van der Waals surface area contributed by atoms with E-state index in [9.17, 15) is 10.1 Å². The highest BCUT2D eigenvalue weighted by atomic mass is 32.1. The molecule has 0 atom stereocenters. The molecule has 1 aliphatic rings. The molecule has 0 unspecified atom stereocenters. The Hall–Kier alpha value is -2.19. The predicted molar refractivity (Wildman–Crippen MR) is 98.5 cm³/mol. The average molecular weight is 362 g/mol. The van der Waals surface area contributed by atoms with Gasteiger partial charge in [-0.25, -0.2) is 4.98 Å². The second-order valence-corrected chi connectivity index (χ2v) is 6.63. The fourth-order valence-electron chi connectivity index (χ4n) is 3.14. The van der Waals surface area contributed by atoms with Crippen molar-refractivity contribution in [1.29, 1.82) is 0 Å². The molecular weight excluding hydrogens is 340 g/mol. The second kappa shape index (κ2) is 8.26. The van der Waals surface area contributed by atoms with Crippen LogP contribution in [0.2, 0.25) is 0 Å². The lowest BCUT2D eigenvalue weighted by Gasteiger charge is -2.23. The second-order valence-electron chi connectivity index (χ2n) is 5.91. The first-order valence-corrected chi connectivity index (χ1v) is 9.38. The predicted octanol–water partition coefficient (Wildman–Crippen LogP) is 3.16. The lowest BCUT2D eigenvalue weighted by atomic mass is 10.2. The molecule has 0 radical (unpaired) electrons. The summed E-state index contributed by atoms with van der Waals surface area (Å²) in [6.07, 6.45) is 0.958. The Bertz CT molecular complexity index is 708. The van der Waals surface area contributed by atoms with Gasteiger partial charge in [0.05, 0.1) is 22.7 Å². The average Bonchev–Trinajstić information content (AvgIpc) is 2.99. The van der Waals surface area contributed by atoms with Gasteiger partial charge in [-0.2, -0.15) is 0 Å². The van der Waals surface area contributed by atoms with Crippen LogP contribution < -0.4 is 9.64 Å². The van der Waals surface area contributed by atoms with Gasteiger partial charge in [-0.05, 0) is 25.5 Å². The van der Waals surface area contributed by atoms with Gasteiger partial charge in [0.15, 0.2) is 5.75 Å². The number of para-hydroxylation sites is 1. The van der Waals surface area contributed by atoms with Gasteiger partial charge in [-0.15, -0.1) is 11.3 Å². The molecule has 0 N–H and O–H groups in total. The third-order valence-electron chi connectivity index (χ3n) is 4.26. The van der Waals surface area contributed by atoms with Crippen molar-refractivity contribution in [3.8, 4) is 5.75 Å². The molecule has 1 aliphatic heterocycles. The molecule has 25 heavy (non-hydrogen) atoms. The molecule has 0 saturated carbocycles. The van der Waals surface area contributed by atoms with E-state index in [1.807, 2.05) is 24.6 Å². The zero-order valence-corrected chi connectivity index (χ0v) is 15.1. The molecule has 7 nitrogen and oxygen atoms in total. The largest absolute Gasteiger partial charge is 0.487 e. The minimum absolute atomic E-state index is 0.0669. The van der Waals surface area contributed by atoms with Gasteiger partial charge in [0.1, 0.15) is 5.69 Å². The number of rotatable bonds is 6. The van der Waals surface area contributed by atoms with Crippen LogP contribution in [0.3, 0.4) is 0 Å². The van der Waals surface area contributed by atoms with Crippen LogP contribution in [-0.2, 0) is 6.54 Å². The van der Waals surface area contributed by atoms with Crippen molar-refractivity contribution in [3.63, 3.8) is 0 Å². The van der Waals surface area contributed by atoms with Crippen molar-refractivity contribution in [3.05, 3.63) is 44.9 Å². The summed E-state index contributed by atoms with van der Waals surface area (Å²) in [5.41, 5.74) is 3.65. The minimum Gasteiger partial charge on any atom is -0.487 e. The fourth-order valence-corrected chi connectivity index (χ4v) is 3.69. The molecule has 1 saturated heterocycles. The van der Waals surface area contributed by atoms with Crippen LogP contribution in [0.15, 0.2) is 29.1 Å². The van der Waals surface area contributed by atoms with Crippen LogP contribution in [0.4, 0.5) is 11.4 Å². The number of hydrogen-bond acceptors (Lipinski definition) is 7. The number of benzene rings is 1. The molecule has 0 aliphatic carbocycles. The molecule has 0 amide bonds. The van der Waals surface area contributed by atoms with Crippen LogP contribution in [0.25, 0.3) is 0 Å². The number of nitro benzene ring substituents is 1. The molecule has 0 bridgehead atoms. The Kier molecular flexibility index (Phi) is 5.83. The van der Waals surface area contributed by atoms with Crippen LogP contribution in [-0.4, -0.2) is 47.6 Å².